The van der Waals surface area contributed by atoms with Crippen molar-refractivity contribution >= 4 is 51.9 Å². The van der Waals surface area contributed by atoms with Crippen LogP contribution in [0.15, 0.2) is 24.3 Å². The average molecular weight is 306 g/mol. The van der Waals surface area contributed by atoms with Crippen LogP contribution in [-0.2, 0) is 0 Å². The van der Waals surface area contributed by atoms with Crippen molar-refractivity contribution in [1.29, 1.82) is 0 Å². The third kappa shape index (κ3) is 2.66. The third-order valence-corrected chi connectivity index (χ3v) is 4.07. The molecule has 0 N–H and O–H groups in total. The number of carbonyl (C=O) groups is 1. The highest BCUT2D eigenvalue weighted by atomic mass is 35.5. The Hall–Kier alpha value is -0.540. The van der Waals surface area contributed by atoms with Crippen molar-refractivity contribution in [3.05, 3.63) is 54.7 Å². The van der Waals surface area contributed by atoms with E-state index in [0.29, 0.717) is 24.8 Å². The van der Waals surface area contributed by atoms with E-state index in [0.717, 1.165) is 5.56 Å². The average Bonchev–Trinajstić information content (AvgIpc) is 2.57. The number of thiophene rings is 1. The van der Waals surface area contributed by atoms with E-state index in [1.165, 1.54) is 11.3 Å². The van der Waals surface area contributed by atoms with E-state index in [9.17, 15) is 4.79 Å². The van der Waals surface area contributed by atoms with Crippen molar-refractivity contribution in [3.63, 3.8) is 0 Å². The number of hydrogen-bond acceptors (Lipinski definition) is 2. The first-order valence-corrected chi connectivity index (χ1v) is 6.70. The molecule has 0 spiro atoms. The van der Waals surface area contributed by atoms with Crippen molar-refractivity contribution in [2.24, 2.45) is 0 Å². The summed E-state index contributed by atoms with van der Waals surface area (Å²) in [5.41, 5.74) is 1.84. The standard InChI is InChI=1S/C12H7Cl3OS/c1-6-2-3-7(9(13)4-6)11(16)8-5-10(14)17-12(8)15/h2-5H,1H3. The fraction of sp³-hybridized carbons (Fsp3) is 0.0833. The van der Waals surface area contributed by atoms with E-state index in [1.807, 2.05) is 13.0 Å². The molecule has 0 saturated carbocycles. The highest BCUT2D eigenvalue weighted by molar-refractivity contribution is 7.20. The molecule has 0 aliphatic heterocycles. The first kappa shape index (κ1) is 12.9. The van der Waals surface area contributed by atoms with Crippen LogP contribution in [-0.4, -0.2) is 5.78 Å². The molecule has 1 nitrogen and oxygen atoms in total. The predicted molar refractivity (Wildman–Crippen MR) is 74.0 cm³/mol. The number of halogens is 3. The Morgan fingerprint density at radius 2 is 1.82 bits per heavy atom. The Labute approximate surface area is 118 Å². The quantitative estimate of drug-likeness (QED) is 0.693. The fourth-order valence-electron chi connectivity index (χ4n) is 1.44. The summed E-state index contributed by atoms with van der Waals surface area (Å²) >= 11 is 19.0. The Balaban J connectivity index is 2.47. The first-order valence-electron chi connectivity index (χ1n) is 4.74. The normalized spacial score (nSPS) is 10.6. The van der Waals surface area contributed by atoms with Crippen LogP contribution >= 0.6 is 46.1 Å². The van der Waals surface area contributed by atoms with E-state index in [-0.39, 0.29) is 5.78 Å². The zero-order chi connectivity index (χ0) is 12.6. The minimum absolute atomic E-state index is 0.205. The van der Waals surface area contributed by atoms with Crippen LogP contribution in [0.5, 0.6) is 0 Å². The fourth-order valence-corrected chi connectivity index (χ4v) is 3.22. The number of carbonyl (C=O) groups excluding carboxylic acids is 1. The molecule has 0 unspecified atom stereocenters. The van der Waals surface area contributed by atoms with Gasteiger partial charge in [0.05, 0.1) is 14.9 Å². The van der Waals surface area contributed by atoms with Gasteiger partial charge in [-0.1, -0.05) is 40.9 Å². The minimum Gasteiger partial charge on any atom is -0.288 e. The Morgan fingerprint density at radius 1 is 1.12 bits per heavy atom. The van der Waals surface area contributed by atoms with Crippen molar-refractivity contribution in [2.75, 3.05) is 0 Å². The maximum absolute atomic E-state index is 12.2. The molecular formula is C12H7Cl3OS. The lowest BCUT2D eigenvalue weighted by Gasteiger charge is -2.03. The summed E-state index contributed by atoms with van der Waals surface area (Å²) in [5, 5.41) is 0.424. The van der Waals surface area contributed by atoms with Gasteiger partial charge in [-0.15, -0.1) is 11.3 Å². The van der Waals surface area contributed by atoms with Gasteiger partial charge in [0.25, 0.3) is 0 Å². The van der Waals surface area contributed by atoms with Crippen molar-refractivity contribution in [3.8, 4) is 0 Å². The summed E-state index contributed by atoms with van der Waals surface area (Å²) in [4.78, 5) is 12.2. The van der Waals surface area contributed by atoms with Gasteiger partial charge in [0.1, 0.15) is 4.34 Å². The number of aryl methyl sites for hydroxylation is 1. The lowest BCUT2D eigenvalue weighted by Crippen LogP contribution is -2.01. The predicted octanol–water partition coefficient (Wildman–Crippen LogP) is 5.25. The Kier molecular flexibility index (Phi) is 3.79. The molecule has 17 heavy (non-hydrogen) atoms. The van der Waals surface area contributed by atoms with Crippen molar-refractivity contribution in [1.82, 2.24) is 0 Å². The molecule has 5 heteroatoms. The molecule has 0 aliphatic carbocycles. The van der Waals surface area contributed by atoms with Crippen LogP contribution in [0.1, 0.15) is 21.5 Å². The Morgan fingerprint density at radius 3 is 2.35 bits per heavy atom. The highest BCUT2D eigenvalue weighted by Gasteiger charge is 2.18. The summed E-state index contributed by atoms with van der Waals surface area (Å²) < 4.78 is 0.873. The molecule has 1 aromatic carbocycles. The van der Waals surface area contributed by atoms with Gasteiger partial charge in [0.15, 0.2) is 5.78 Å². The molecule has 0 saturated heterocycles. The van der Waals surface area contributed by atoms with Gasteiger partial charge in [0.2, 0.25) is 0 Å². The highest BCUT2D eigenvalue weighted by Crippen LogP contribution is 2.33. The van der Waals surface area contributed by atoms with Crippen LogP contribution in [0.3, 0.4) is 0 Å². The van der Waals surface area contributed by atoms with Gasteiger partial charge in [-0.3, -0.25) is 4.79 Å². The Bertz CT molecular complexity index is 589. The molecule has 0 amide bonds. The van der Waals surface area contributed by atoms with E-state index in [4.69, 9.17) is 34.8 Å². The molecule has 1 aromatic heterocycles. The summed E-state index contributed by atoms with van der Waals surface area (Å²) in [6.45, 7) is 1.91. The largest absolute Gasteiger partial charge is 0.288 e. The maximum atomic E-state index is 12.2. The van der Waals surface area contributed by atoms with Crippen LogP contribution < -0.4 is 0 Å². The van der Waals surface area contributed by atoms with E-state index < -0.39 is 0 Å². The molecular weight excluding hydrogens is 299 g/mol. The molecule has 0 bridgehead atoms. The molecule has 2 rings (SSSR count). The smallest absolute Gasteiger partial charge is 0.196 e. The second-order valence-corrected chi connectivity index (χ2v) is 6.24. The number of hydrogen-bond donors (Lipinski definition) is 0. The number of benzene rings is 1. The summed E-state index contributed by atoms with van der Waals surface area (Å²) in [5.74, 6) is -0.205. The van der Waals surface area contributed by atoms with Gasteiger partial charge in [0, 0.05) is 5.56 Å². The topological polar surface area (TPSA) is 17.1 Å². The molecule has 2 aromatic rings. The van der Waals surface area contributed by atoms with Crippen LogP contribution in [0, 0.1) is 6.92 Å². The molecule has 0 radical (unpaired) electrons. The van der Waals surface area contributed by atoms with Crippen molar-refractivity contribution in [2.45, 2.75) is 6.92 Å². The van der Waals surface area contributed by atoms with E-state index in [1.54, 1.807) is 18.2 Å². The monoisotopic (exact) mass is 304 g/mol. The molecule has 88 valence electrons. The second kappa shape index (κ2) is 4.99. The number of rotatable bonds is 2. The zero-order valence-electron chi connectivity index (χ0n) is 8.76. The summed E-state index contributed by atoms with van der Waals surface area (Å²) in [7, 11) is 0. The summed E-state index contributed by atoms with van der Waals surface area (Å²) in [6.07, 6.45) is 0. The van der Waals surface area contributed by atoms with E-state index in [2.05, 4.69) is 0 Å². The molecule has 0 atom stereocenters. The molecule has 1 heterocycles. The number of ketones is 1. The van der Waals surface area contributed by atoms with Gasteiger partial charge in [-0.05, 0) is 30.7 Å². The van der Waals surface area contributed by atoms with Gasteiger partial charge in [-0.25, -0.2) is 0 Å². The van der Waals surface area contributed by atoms with Crippen LogP contribution in [0.2, 0.25) is 13.7 Å². The van der Waals surface area contributed by atoms with Crippen molar-refractivity contribution < 1.29 is 4.79 Å². The summed E-state index contributed by atoms with van der Waals surface area (Å²) in [6, 6.07) is 6.84. The lowest BCUT2D eigenvalue weighted by atomic mass is 10.0. The van der Waals surface area contributed by atoms with Crippen LogP contribution in [0.25, 0.3) is 0 Å². The molecule has 0 fully saturated rings. The zero-order valence-corrected chi connectivity index (χ0v) is 11.8. The first-order chi connectivity index (χ1) is 7.99. The third-order valence-electron chi connectivity index (χ3n) is 2.27. The SMILES string of the molecule is Cc1ccc(C(=O)c2cc(Cl)sc2Cl)c(Cl)c1. The maximum Gasteiger partial charge on any atom is 0.196 e. The van der Waals surface area contributed by atoms with Crippen LogP contribution in [0.4, 0.5) is 0 Å². The lowest BCUT2D eigenvalue weighted by molar-refractivity contribution is 0.103. The van der Waals surface area contributed by atoms with Gasteiger partial charge < -0.3 is 0 Å². The van der Waals surface area contributed by atoms with E-state index >= 15 is 0 Å². The van der Waals surface area contributed by atoms with Gasteiger partial charge in [-0.2, -0.15) is 0 Å². The second-order valence-electron chi connectivity index (χ2n) is 3.55. The molecule has 0 aliphatic rings. The minimum atomic E-state index is -0.205. The van der Waals surface area contributed by atoms with Gasteiger partial charge >= 0.3 is 0 Å².